The summed E-state index contributed by atoms with van der Waals surface area (Å²) in [6.07, 6.45) is 1.18. The second-order valence-electron chi connectivity index (χ2n) is 16.8. The molecule has 2 heterocycles. The molecule has 3 aromatic rings. The van der Waals surface area contributed by atoms with Gasteiger partial charge in [0.2, 0.25) is 5.91 Å². The highest BCUT2D eigenvalue weighted by Gasteiger charge is 2.57. The number of carbonyl (C=O) groups excluding carboxylic acids is 2. The summed E-state index contributed by atoms with van der Waals surface area (Å²) < 4.78 is 16.8. The number of fused-ring (bicyclic) bond motifs is 2. The minimum absolute atomic E-state index is 0.0172. The van der Waals surface area contributed by atoms with E-state index < -0.39 is 30.0 Å². The zero-order chi connectivity index (χ0) is 39.1. The van der Waals surface area contributed by atoms with E-state index in [4.69, 9.17) is 10.6 Å². The zero-order valence-corrected chi connectivity index (χ0v) is 33.7. The van der Waals surface area contributed by atoms with Crippen molar-refractivity contribution in [2.75, 3.05) is 46.2 Å². The molecule has 11 nitrogen and oxygen atoms in total. The predicted octanol–water partition coefficient (Wildman–Crippen LogP) is 4.54. The van der Waals surface area contributed by atoms with Gasteiger partial charge in [-0.2, -0.15) is 5.06 Å². The molecular weight excluding hydrogens is 706 g/mol. The van der Waals surface area contributed by atoms with Gasteiger partial charge in [-0.15, -0.1) is 11.3 Å². The van der Waals surface area contributed by atoms with Crippen molar-refractivity contribution in [1.29, 1.82) is 0 Å². The number of nitrogens with two attached hydrogens (primary N) is 1. The van der Waals surface area contributed by atoms with Crippen molar-refractivity contribution in [1.82, 2.24) is 25.6 Å². The summed E-state index contributed by atoms with van der Waals surface area (Å²) in [5, 5.41) is 20.9. The fraction of sp³-hybridized carbons (Fsp3) is 0.585. The van der Waals surface area contributed by atoms with Gasteiger partial charge >= 0.3 is 0 Å². The average Bonchev–Trinajstić information content (AvgIpc) is 3.77. The smallest absolute Gasteiger partial charge is 0.251 e. The van der Waals surface area contributed by atoms with Crippen LogP contribution in [0.4, 0.5) is 10.1 Å². The molecule has 1 saturated heterocycles. The maximum atomic E-state index is 16.8. The third-order valence-electron chi connectivity index (χ3n) is 12.4. The summed E-state index contributed by atoms with van der Waals surface area (Å²) in [5.74, 6) is -0.166. The first-order valence-corrected chi connectivity index (χ1v) is 20.1. The summed E-state index contributed by atoms with van der Waals surface area (Å²) in [7, 11) is 7.68. The Morgan fingerprint density at radius 3 is 2.56 bits per heavy atom. The van der Waals surface area contributed by atoms with Crippen LogP contribution in [0.25, 0.3) is 11.1 Å². The van der Waals surface area contributed by atoms with Crippen LogP contribution >= 0.6 is 11.3 Å². The lowest BCUT2D eigenvalue weighted by molar-refractivity contribution is -0.176. The average molecular weight is 764 g/mol. The molecule has 54 heavy (non-hydrogen) atoms. The van der Waals surface area contributed by atoms with Gasteiger partial charge in [0.05, 0.1) is 30.0 Å². The van der Waals surface area contributed by atoms with Crippen LogP contribution < -0.4 is 21.3 Å². The van der Waals surface area contributed by atoms with Gasteiger partial charge in [-0.25, -0.2) is 9.37 Å². The van der Waals surface area contributed by atoms with Crippen LogP contribution in [-0.4, -0.2) is 103 Å². The Balaban J connectivity index is 1.26. The minimum atomic E-state index is -0.885. The number of aliphatic hydroxyl groups excluding tert-OH is 1. The number of hydrogen-bond acceptors (Lipinski definition) is 10. The Kier molecular flexibility index (Phi) is 12.2. The molecule has 3 aliphatic carbocycles. The third kappa shape index (κ3) is 8.22. The number of likely N-dealkylation sites (N-methyl/N-ethyl adjacent to an activating group) is 1. The van der Waals surface area contributed by atoms with Gasteiger partial charge in [-0.05, 0) is 80.8 Å². The molecule has 7 rings (SSSR count). The monoisotopic (exact) mass is 763 g/mol. The number of halogens is 1. The number of carbonyl (C=O) groups is 2. The summed E-state index contributed by atoms with van der Waals surface area (Å²) >= 11 is 1.52. The molecule has 2 bridgehead atoms. The van der Waals surface area contributed by atoms with E-state index in [0.29, 0.717) is 53.0 Å². The zero-order valence-electron chi connectivity index (χ0n) is 32.9. The van der Waals surface area contributed by atoms with E-state index in [0.717, 1.165) is 17.8 Å². The van der Waals surface area contributed by atoms with E-state index in [9.17, 15) is 14.7 Å². The molecule has 4 aliphatic rings. The molecule has 5 N–H and O–H groups in total. The van der Waals surface area contributed by atoms with Crippen molar-refractivity contribution < 1.29 is 23.9 Å². The van der Waals surface area contributed by atoms with Gasteiger partial charge in [0, 0.05) is 79.4 Å². The molecule has 1 aromatic heterocycles. The van der Waals surface area contributed by atoms with Crippen molar-refractivity contribution in [2.24, 2.45) is 34.8 Å². The second-order valence-corrected chi connectivity index (χ2v) is 17.6. The van der Waals surface area contributed by atoms with Crippen LogP contribution in [0, 0.1) is 34.9 Å². The minimum Gasteiger partial charge on any atom is -0.393 e. The van der Waals surface area contributed by atoms with Crippen molar-refractivity contribution in [3.63, 3.8) is 0 Å². The lowest BCUT2D eigenvalue weighted by Gasteiger charge is -2.62. The first-order valence-electron chi connectivity index (χ1n) is 19.1. The molecule has 0 spiro atoms. The molecule has 13 heteroatoms. The second kappa shape index (κ2) is 16.3. The molecule has 4 fully saturated rings. The fourth-order valence-electron chi connectivity index (χ4n) is 9.24. The normalized spacial score (nSPS) is 27.3. The highest BCUT2D eigenvalue weighted by Crippen LogP contribution is 2.61. The fourth-order valence-corrected chi connectivity index (χ4v) is 9.81. The number of anilines is 1. The molecule has 3 saturated carbocycles. The van der Waals surface area contributed by atoms with Crippen molar-refractivity contribution in [2.45, 2.75) is 83.8 Å². The van der Waals surface area contributed by atoms with Crippen LogP contribution in [-0.2, 0) is 22.6 Å². The maximum Gasteiger partial charge on any atom is 0.251 e. The van der Waals surface area contributed by atoms with E-state index in [1.54, 1.807) is 42.8 Å². The van der Waals surface area contributed by atoms with Crippen LogP contribution in [0.3, 0.4) is 0 Å². The Hall–Kier alpha value is -3.46. The van der Waals surface area contributed by atoms with E-state index in [1.807, 2.05) is 49.4 Å². The number of aliphatic hydroxyl groups is 1. The largest absolute Gasteiger partial charge is 0.393 e. The lowest BCUT2D eigenvalue weighted by Crippen LogP contribution is -2.62. The first-order chi connectivity index (χ1) is 25.6. The first kappa shape index (κ1) is 40.2. The van der Waals surface area contributed by atoms with Gasteiger partial charge in [-0.3, -0.25) is 14.4 Å². The van der Waals surface area contributed by atoms with Crippen LogP contribution in [0.15, 0.2) is 47.3 Å². The lowest BCUT2D eigenvalue weighted by atomic mass is 9.45. The van der Waals surface area contributed by atoms with Gasteiger partial charge < -0.3 is 31.3 Å². The molecule has 0 radical (unpaired) electrons. The highest BCUT2D eigenvalue weighted by atomic mass is 32.1. The Morgan fingerprint density at radius 1 is 1.19 bits per heavy atom. The van der Waals surface area contributed by atoms with Crippen molar-refractivity contribution in [3.8, 4) is 11.1 Å². The summed E-state index contributed by atoms with van der Waals surface area (Å²) in [6.45, 7) is 9.19. The number of nitrogens with one attached hydrogen (secondary N) is 2. The number of amides is 2. The van der Waals surface area contributed by atoms with Crippen molar-refractivity contribution >= 4 is 28.8 Å². The van der Waals surface area contributed by atoms with Gasteiger partial charge in [0.15, 0.2) is 0 Å². The van der Waals surface area contributed by atoms with Crippen molar-refractivity contribution in [3.05, 3.63) is 69.9 Å². The van der Waals surface area contributed by atoms with Crippen LogP contribution in [0.1, 0.15) is 62.2 Å². The quantitative estimate of drug-likeness (QED) is 0.187. The Bertz CT molecular complexity index is 1790. The molecule has 294 valence electrons. The Labute approximate surface area is 323 Å². The number of hydrogen-bond donors (Lipinski definition) is 4. The van der Waals surface area contributed by atoms with E-state index in [-0.39, 0.29) is 42.4 Å². The van der Waals surface area contributed by atoms with Gasteiger partial charge in [0.25, 0.3) is 5.91 Å². The topological polar surface area (TPSA) is 136 Å². The molecular formula is C41H58FN7O4S. The molecule has 2 amide bonds. The number of hydroxylamine groups is 2. The van der Waals surface area contributed by atoms with Crippen LogP contribution in [0.5, 0.6) is 0 Å². The summed E-state index contributed by atoms with van der Waals surface area (Å²) in [4.78, 5) is 42.6. The number of benzene rings is 2. The van der Waals surface area contributed by atoms with Crippen LogP contribution in [0.2, 0.25) is 0 Å². The molecule has 0 unspecified atom stereocenters. The predicted molar refractivity (Wildman–Crippen MR) is 211 cm³/mol. The number of nitrogens with zero attached hydrogens (tertiary/aromatic N) is 4. The molecule has 9 atom stereocenters. The van der Waals surface area contributed by atoms with E-state index >= 15 is 4.39 Å². The maximum absolute atomic E-state index is 16.8. The Morgan fingerprint density at radius 2 is 1.94 bits per heavy atom. The number of rotatable bonds is 14. The molecule has 2 aromatic carbocycles. The number of aromatic nitrogens is 1. The highest BCUT2D eigenvalue weighted by molar-refractivity contribution is 7.07. The third-order valence-corrected chi connectivity index (χ3v) is 13.0. The standard InChI is InChI=1S/C41H58FN7O4S/c1-23-33-15-28(41(33,3)4)16-34(23)46-40(52)38-36(24(2)50)35(18-43)53-49(38)19-25-10-9-11-32(37(25)42)26-12-27(14-31(13-26)48(7)8)39(51)45-29(20-47(5)6)17-30-21-54-22-44-30/h9-14,21-24,28-29,33-36,38,50H,15-20,43H2,1-8H3,(H,45,51)(H,46,52)/t23-,24-,28+,29-,33+,34-,35-,36+,38-/m0/s1. The number of thiazole rings is 1. The summed E-state index contributed by atoms with van der Waals surface area (Å²) in [6, 6.07) is 9.48. The summed E-state index contributed by atoms with van der Waals surface area (Å²) in [5.41, 5.74) is 11.4. The van der Waals surface area contributed by atoms with Gasteiger partial charge in [0.1, 0.15) is 11.9 Å². The van der Waals surface area contributed by atoms with E-state index in [1.165, 1.54) is 22.8 Å². The van der Waals surface area contributed by atoms with Gasteiger partial charge in [-0.1, -0.05) is 39.0 Å². The SMILES string of the molecule is C[C@@H]1[C@@H](NC(=O)[C@@H]2[C@H]([C@H](C)O)[C@H](CN)ON2Cc2cccc(-c3cc(C(=O)N[C@@H](Cc4cscn4)CN(C)C)cc(N(C)C)c3)c2F)C[C@H]2C[C@H]1C2(C)C. The van der Waals surface area contributed by atoms with E-state index in [2.05, 4.69) is 36.4 Å². The molecule has 1 aliphatic heterocycles.